The number of carbonyl (C=O) groups is 2. The van der Waals surface area contributed by atoms with E-state index in [1.807, 2.05) is 0 Å². The Morgan fingerprint density at radius 3 is 2.54 bits per heavy atom. The van der Waals surface area contributed by atoms with Crippen LogP contribution in [0.2, 0.25) is 0 Å². The first-order valence-corrected chi connectivity index (χ1v) is 11.1. The SMILES string of the molecule is Cc1cc(C(F)F)nc2sc(C(N)=O)c(NC(=O)c3cnn4c(C(F)(F)F)cc(C5CC5)nc34)c12. The van der Waals surface area contributed by atoms with Crippen LogP contribution in [-0.2, 0) is 6.18 Å². The maximum atomic E-state index is 13.6. The van der Waals surface area contributed by atoms with Gasteiger partial charge in [0.05, 0.1) is 11.9 Å². The number of halogens is 5. The zero-order chi connectivity index (χ0) is 25.2. The van der Waals surface area contributed by atoms with Gasteiger partial charge in [0.15, 0.2) is 5.65 Å². The molecule has 3 N–H and O–H groups in total. The Labute approximate surface area is 197 Å². The van der Waals surface area contributed by atoms with E-state index >= 15 is 0 Å². The fraction of sp³-hybridized carbons (Fsp3) is 0.286. The van der Waals surface area contributed by atoms with Gasteiger partial charge in [0.25, 0.3) is 18.2 Å². The van der Waals surface area contributed by atoms with Crippen molar-refractivity contribution in [1.82, 2.24) is 19.6 Å². The molecule has 0 bridgehead atoms. The average Bonchev–Trinajstić information content (AvgIpc) is 3.42. The van der Waals surface area contributed by atoms with E-state index < -0.39 is 35.8 Å². The number of thiophene rings is 1. The first-order chi connectivity index (χ1) is 16.5. The third kappa shape index (κ3) is 3.96. The highest BCUT2D eigenvalue weighted by atomic mass is 32.1. The van der Waals surface area contributed by atoms with Gasteiger partial charge >= 0.3 is 6.18 Å². The van der Waals surface area contributed by atoms with Gasteiger partial charge in [-0.15, -0.1) is 11.3 Å². The molecule has 1 fully saturated rings. The number of anilines is 1. The van der Waals surface area contributed by atoms with Crippen molar-refractivity contribution in [2.24, 2.45) is 5.73 Å². The number of aryl methyl sites for hydroxylation is 1. The number of fused-ring (bicyclic) bond motifs is 2. The summed E-state index contributed by atoms with van der Waals surface area (Å²) in [6.07, 6.45) is -5.28. The first-order valence-electron chi connectivity index (χ1n) is 10.2. The molecule has 4 aromatic heterocycles. The van der Waals surface area contributed by atoms with Crippen LogP contribution < -0.4 is 11.1 Å². The molecular weight excluding hydrogens is 495 g/mol. The van der Waals surface area contributed by atoms with Crippen molar-refractivity contribution >= 4 is 44.7 Å². The minimum Gasteiger partial charge on any atom is -0.365 e. The van der Waals surface area contributed by atoms with Crippen LogP contribution >= 0.6 is 11.3 Å². The maximum absolute atomic E-state index is 13.6. The zero-order valence-corrected chi connectivity index (χ0v) is 18.6. The molecule has 4 aromatic rings. The number of pyridine rings is 1. The molecule has 1 aliphatic carbocycles. The van der Waals surface area contributed by atoms with Gasteiger partial charge in [0, 0.05) is 17.0 Å². The fourth-order valence-corrected chi connectivity index (χ4v) is 4.89. The molecule has 0 aliphatic heterocycles. The predicted molar refractivity (Wildman–Crippen MR) is 116 cm³/mol. The van der Waals surface area contributed by atoms with Crippen molar-refractivity contribution in [3.05, 3.63) is 51.4 Å². The van der Waals surface area contributed by atoms with Crippen molar-refractivity contribution in [1.29, 1.82) is 0 Å². The second kappa shape index (κ2) is 7.93. The Hall–Kier alpha value is -3.68. The predicted octanol–water partition coefficient (Wildman–Crippen LogP) is 4.83. The average molecular weight is 510 g/mol. The Bertz CT molecular complexity index is 1520. The van der Waals surface area contributed by atoms with E-state index in [0.717, 1.165) is 29.7 Å². The smallest absolute Gasteiger partial charge is 0.365 e. The number of nitrogens with two attached hydrogens (primary N) is 1. The van der Waals surface area contributed by atoms with Crippen molar-refractivity contribution in [3.8, 4) is 0 Å². The number of nitrogens with one attached hydrogen (secondary N) is 1. The lowest BCUT2D eigenvalue weighted by molar-refractivity contribution is -0.142. The molecule has 35 heavy (non-hydrogen) atoms. The van der Waals surface area contributed by atoms with Gasteiger partial charge in [-0.3, -0.25) is 9.59 Å². The summed E-state index contributed by atoms with van der Waals surface area (Å²) in [4.78, 5) is 33.2. The minimum atomic E-state index is -4.74. The van der Waals surface area contributed by atoms with Crippen LogP contribution in [0.25, 0.3) is 15.9 Å². The summed E-state index contributed by atoms with van der Waals surface area (Å²) in [5.41, 5.74) is 3.74. The van der Waals surface area contributed by atoms with Crippen molar-refractivity contribution in [2.45, 2.75) is 38.3 Å². The molecule has 8 nitrogen and oxygen atoms in total. The molecule has 0 spiro atoms. The molecule has 1 saturated carbocycles. The van der Waals surface area contributed by atoms with Crippen LogP contribution in [0.15, 0.2) is 18.3 Å². The summed E-state index contributed by atoms with van der Waals surface area (Å²) in [5.74, 6) is -1.96. The number of carbonyl (C=O) groups excluding carboxylic acids is 2. The largest absolute Gasteiger partial charge is 0.433 e. The van der Waals surface area contributed by atoms with Gasteiger partial charge in [-0.1, -0.05) is 0 Å². The summed E-state index contributed by atoms with van der Waals surface area (Å²) in [6, 6.07) is 2.04. The number of hydrogen-bond donors (Lipinski definition) is 2. The van der Waals surface area contributed by atoms with Crippen LogP contribution in [0.4, 0.5) is 27.6 Å². The van der Waals surface area contributed by atoms with Gasteiger partial charge in [-0.25, -0.2) is 23.3 Å². The zero-order valence-electron chi connectivity index (χ0n) is 17.8. The van der Waals surface area contributed by atoms with Gasteiger partial charge < -0.3 is 11.1 Å². The summed E-state index contributed by atoms with van der Waals surface area (Å²) in [7, 11) is 0. The lowest BCUT2D eigenvalue weighted by Crippen LogP contribution is -2.18. The highest BCUT2D eigenvalue weighted by Crippen LogP contribution is 2.42. The molecule has 0 unspecified atom stereocenters. The number of hydrogen-bond acceptors (Lipinski definition) is 6. The van der Waals surface area contributed by atoms with Crippen LogP contribution in [-0.4, -0.2) is 31.4 Å². The minimum absolute atomic E-state index is 0.0535. The standard InChI is InChI=1S/C21H15F5N6O2S/c1-7-4-11(16(22)23)30-20-13(7)14(15(35-20)17(27)33)31-19(34)9-6-28-32-12(21(24,25)26)5-10(8-2-3-8)29-18(9)32/h4-6,8,16H,2-3H2,1H3,(H2,27,33)(H,31,34). The van der Waals surface area contributed by atoms with Crippen LogP contribution in [0, 0.1) is 6.92 Å². The Kier molecular flexibility index (Phi) is 5.23. The monoisotopic (exact) mass is 510 g/mol. The topological polar surface area (TPSA) is 115 Å². The summed E-state index contributed by atoms with van der Waals surface area (Å²) in [6.45, 7) is 1.50. The quantitative estimate of drug-likeness (QED) is 0.373. The molecule has 4 heterocycles. The summed E-state index contributed by atoms with van der Waals surface area (Å²) < 4.78 is 67.8. The second-order valence-corrected chi connectivity index (χ2v) is 9.10. The number of aromatic nitrogens is 4. The van der Waals surface area contributed by atoms with E-state index in [1.54, 1.807) is 0 Å². The molecule has 5 rings (SSSR count). The van der Waals surface area contributed by atoms with Crippen LogP contribution in [0.5, 0.6) is 0 Å². The number of nitrogens with zero attached hydrogens (tertiary/aromatic N) is 4. The molecule has 1 aliphatic rings. The summed E-state index contributed by atoms with van der Waals surface area (Å²) >= 11 is 0.722. The lowest BCUT2D eigenvalue weighted by atomic mass is 10.1. The van der Waals surface area contributed by atoms with Gasteiger partial charge in [0.1, 0.15) is 26.7 Å². The van der Waals surface area contributed by atoms with E-state index in [2.05, 4.69) is 20.4 Å². The Morgan fingerprint density at radius 2 is 1.94 bits per heavy atom. The van der Waals surface area contributed by atoms with Gasteiger partial charge in [-0.05, 0) is 37.5 Å². The molecule has 0 radical (unpaired) electrons. The molecule has 14 heteroatoms. The van der Waals surface area contributed by atoms with E-state index in [0.29, 0.717) is 22.9 Å². The summed E-state index contributed by atoms with van der Waals surface area (Å²) in [5, 5.41) is 6.43. The molecule has 0 saturated heterocycles. The highest BCUT2D eigenvalue weighted by molar-refractivity contribution is 7.21. The van der Waals surface area contributed by atoms with E-state index in [-0.39, 0.29) is 43.6 Å². The third-order valence-corrected chi connectivity index (χ3v) is 6.69. The lowest BCUT2D eigenvalue weighted by Gasteiger charge is -2.11. The molecule has 0 aromatic carbocycles. The molecular formula is C21H15F5N6O2S. The Balaban J connectivity index is 1.63. The molecule has 0 atom stereocenters. The number of amides is 2. The molecule has 2 amide bonds. The fourth-order valence-electron chi connectivity index (χ4n) is 3.82. The van der Waals surface area contributed by atoms with Crippen molar-refractivity contribution in [2.75, 3.05) is 5.32 Å². The van der Waals surface area contributed by atoms with E-state index in [9.17, 15) is 31.5 Å². The van der Waals surface area contributed by atoms with Crippen molar-refractivity contribution in [3.63, 3.8) is 0 Å². The van der Waals surface area contributed by atoms with Gasteiger partial charge in [0.2, 0.25) is 0 Å². The third-order valence-electron chi connectivity index (χ3n) is 5.59. The number of alkyl halides is 5. The Morgan fingerprint density at radius 1 is 1.23 bits per heavy atom. The molecule has 182 valence electrons. The number of primary amides is 1. The second-order valence-electron chi connectivity index (χ2n) is 8.10. The van der Waals surface area contributed by atoms with E-state index in [1.165, 1.54) is 6.92 Å². The van der Waals surface area contributed by atoms with Crippen LogP contribution in [0.3, 0.4) is 0 Å². The van der Waals surface area contributed by atoms with Crippen LogP contribution in [0.1, 0.15) is 67.9 Å². The first kappa shape index (κ1) is 23.1. The highest BCUT2D eigenvalue weighted by Gasteiger charge is 2.38. The van der Waals surface area contributed by atoms with Crippen molar-refractivity contribution < 1.29 is 31.5 Å². The normalized spacial score (nSPS) is 14.3. The van der Waals surface area contributed by atoms with Gasteiger partial charge in [-0.2, -0.15) is 18.3 Å². The maximum Gasteiger partial charge on any atom is 0.433 e. The van der Waals surface area contributed by atoms with E-state index in [4.69, 9.17) is 5.73 Å². The number of rotatable bonds is 5.